The second-order valence-corrected chi connectivity index (χ2v) is 11.4. The zero-order valence-corrected chi connectivity index (χ0v) is 23.3. The van der Waals surface area contributed by atoms with Crippen molar-refractivity contribution >= 4 is 38.7 Å². The first-order valence-electron chi connectivity index (χ1n) is 13.1. The fourth-order valence-corrected chi connectivity index (χ4v) is 6.13. The number of ether oxygens (including phenoxy) is 1. The Kier molecular flexibility index (Phi) is 6.54. The highest BCUT2D eigenvalue weighted by molar-refractivity contribution is 9.10. The summed E-state index contributed by atoms with van der Waals surface area (Å²) < 4.78 is 7.25. The molecule has 2 aliphatic heterocycles. The largest absolute Gasteiger partial charge is 0.488 e. The van der Waals surface area contributed by atoms with Crippen molar-refractivity contribution in [1.29, 1.82) is 0 Å². The lowest BCUT2D eigenvalue weighted by Crippen LogP contribution is -2.50. The second-order valence-electron chi connectivity index (χ2n) is 10.5. The van der Waals surface area contributed by atoms with Crippen LogP contribution in [0.2, 0.25) is 0 Å². The first-order chi connectivity index (χ1) is 18.8. The minimum absolute atomic E-state index is 0.162. The molecular weight excluding hydrogens is 560 g/mol. The zero-order valence-electron chi connectivity index (χ0n) is 21.7. The molecule has 1 fully saturated rings. The van der Waals surface area contributed by atoms with E-state index in [0.29, 0.717) is 19.0 Å². The molecule has 0 aliphatic carbocycles. The van der Waals surface area contributed by atoms with E-state index in [2.05, 4.69) is 79.7 Å². The summed E-state index contributed by atoms with van der Waals surface area (Å²) in [4.78, 5) is 34.4. The molecule has 0 radical (unpaired) electrons. The van der Waals surface area contributed by atoms with Gasteiger partial charge in [0.1, 0.15) is 24.2 Å². The van der Waals surface area contributed by atoms with E-state index in [1.807, 2.05) is 13.8 Å². The lowest BCUT2D eigenvalue weighted by Gasteiger charge is -2.29. The molecule has 8 nitrogen and oxygen atoms in total. The van der Waals surface area contributed by atoms with Gasteiger partial charge in [-0.05, 0) is 59.5 Å². The van der Waals surface area contributed by atoms with E-state index in [9.17, 15) is 14.7 Å². The maximum absolute atomic E-state index is 13.3. The number of aromatic nitrogens is 2. The summed E-state index contributed by atoms with van der Waals surface area (Å²) >= 11 is 3.55. The van der Waals surface area contributed by atoms with Crippen LogP contribution in [-0.2, 0) is 11.4 Å². The summed E-state index contributed by atoms with van der Waals surface area (Å²) in [7, 11) is 0. The Morgan fingerprint density at radius 2 is 1.97 bits per heavy atom. The van der Waals surface area contributed by atoms with E-state index in [1.54, 1.807) is 11.1 Å². The normalized spacial score (nSPS) is 17.0. The van der Waals surface area contributed by atoms with Crippen LogP contribution in [-0.4, -0.2) is 44.6 Å². The Hall–Kier alpha value is -3.85. The van der Waals surface area contributed by atoms with Crippen molar-refractivity contribution in [3.63, 3.8) is 0 Å². The topological polar surface area (TPSA) is 108 Å². The first-order valence-corrected chi connectivity index (χ1v) is 13.9. The number of fused-ring (bicyclic) bond motifs is 5. The molecule has 2 atom stereocenters. The highest BCUT2D eigenvalue weighted by Gasteiger charge is 2.37. The SMILES string of the molecule is CC(C)[C@H](NC(=O)O)C(=O)N1CCC[C@H]1c1ncc(-c2ccc3c4c(ccc3c2)-c2ccc(Br)cc2CO4)[nH]1. The molecule has 3 aromatic carbocycles. The third-order valence-corrected chi connectivity index (χ3v) is 8.16. The van der Waals surface area contributed by atoms with Crippen LogP contribution in [0.5, 0.6) is 5.75 Å². The lowest BCUT2D eigenvalue weighted by molar-refractivity contribution is -0.135. The summed E-state index contributed by atoms with van der Waals surface area (Å²) in [5, 5.41) is 13.7. The van der Waals surface area contributed by atoms with Gasteiger partial charge in [0.15, 0.2) is 0 Å². The number of likely N-dealkylation sites (tertiary alicyclic amines) is 1. The van der Waals surface area contributed by atoms with Crippen molar-refractivity contribution in [3.05, 3.63) is 70.6 Å². The highest BCUT2D eigenvalue weighted by atomic mass is 79.9. The van der Waals surface area contributed by atoms with Crippen LogP contribution >= 0.6 is 15.9 Å². The van der Waals surface area contributed by atoms with E-state index >= 15 is 0 Å². The Morgan fingerprint density at radius 1 is 1.15 bits per heavy atom. The number of carbonyl (C=O) groups is 2. The van der Waals surface area contributed by atoms with Gasteiger partial charge in [-0.25, -0.2) is 9.78 Å². The lowest BCUT2D eigenvalue weighted by atomic mass is 9.93. The number of hydrogen-bond acceptors (Lipinski definition) is 4. The van der Waals surface area contributed by atoms with E-state index in [4.69, 9.17) is 4.74 Å². The molecule has 6 rings (SSSR count). The summed E-state index contributed by atoms with van der Waals surface area (Å²) in [6.45, 7) is 4.79. The highest BCUT2D eigenvalue weighted by Crippen LogP contribution is 2.43. The minimum Gasteiger partial charge on any atom is -0.488 e. The van der Waals surface area contributed by atoms with Crippen molar-refractivity contribution in [2.75, 3.05) is 6.54 Å². The van der Waals surface area contributed by atoms with Crippen LogP contribution in [0.3, 0.4) is 0 Å². The van der Waals surface area contributed by atoms with Gasteiger partial charge in [-0.2, -0.15) is 0 Å². The number of hydrogen-bond donors (Lipinski definition) is 3. The fraction of sp³-hybridized carbons (Fsp3) is 0.300. The van der Waals surface area contributed by atoms with Gasteiger partial charge in [-0.1, -0.05) is 54.0 Å². The Morgan fingerprint density at radius 3 is 2.77 bits per heavy atom. The number of halogens is 1. The molecule has 4 aromatic rings. The number of amides is 2. The molecule has 200 valence electrons. The van der Waals surface area contributed by atoms with Gasteiger partial charge in [-0.15, -0.1) is 0 Å². The van der Waals surface area contributed by atoms with Gasteiger partial charge < -0.3 is 25.0 Å². The number of nitrogens with zero attached hydrogens (tertiary/aromatic N) is 2. The van der Waals surface area contributed by atoms with Crippen LogP contribution in [0.25, 0.3) is 33.2 Å². The molecule has 39 heavy (non-hydrogen) atoms. The molecule has 2 amide bonds. The predicted molar refractivity (Wildman–Crippen MR) is 152 cm³/mol. The minimum atomic E-state index is -1.20. The quantitative estimate of drug-likeness (QED) is 0.246. The molecule has 2 aliphatic rings. The monoisotopic (exact) mass is 588 g/mol. The number of carboxylic acid groups (broad SMARTS) is 1. The average molecular weight is 589 g/mol. The molecule has 3 heterocycles. The van der Waals surface area contributed by atoms with Crippen molar-refractivity contribution in [2.24, 2.45) is 5.92 Å². The maximum atomic E-state index is 13.3. The van der Waals surface area contributed by atoms with Crippen molar-refractivity contribution in [2.45, 2.75) is 45.4 Å². The summed E-state index contributed by atoms with van der Waals surface area (Å²) in [6.07, 6.45) is 2.22. The molecule has 0 saturated carbocycles. The Balaban J connectivity index is 1.28. The average Bonchev–Trinajstić information content (AvgIpc) is 3.60. The number of nitrogens with one attached hydrogen (secondary N) is 2. The standard InChI is InChI=1S/C30H29BrN4O4/c1-16(2)26(34-30(37)38)29(36)35-11-3-4-25(35)28-32-14-24(33-28)18-6-8-22-17(12-18)5-9-23-21-10-7-20(31)13-19(21)15-39-27(22)23/h5-10,12-14,16,25-26,34H,3-4,11,15H2,1-2H3,(H,32,33)(H,37,38)/t25-,26-/m0/s1. The molecule has 0 spiro atoms. The number of carbonyl (C=O) groups excluding carboxylic acids is 1. The van der Waals surface area contributed by atoms with Crippen LogP contribution < -0.4 is 10.1 Å². The summed E-state index contributed by atoms with van der Waals surface area (Å²) in [6, 6.07) is 15.8. The van der Waals surface area contributed by atoms with Crippen molar-refractivity contribution in [1.82, 2.24) is 20.2 Å². The Labute approximate surface area is 234 Å². The van der Waals surface area contributed by atoms with Crippen LogP contribution in [0.15, 0.2) is 59.2 Å². The number of imidazole rings is 1. The van der Waals surface area contributed by atoms with E-state index in [1.165, 1.54) is 5.56 Å². The molecule has 9 heteroatoms. The zero-order chi connectivity index (χ0) is 27.3. The number of benzene rings is 3. The smallest absolute Gasteiger partial charge is 0.405 e. The third kappa shape index (κ3) is 4.65. The number of rotatable bonds is 5. The van der Waals surface area contributed by atoms with Gasteiger partial charge in [0.05, 0.1) is 17.9 Å². The van der Waals surface area contributed by atoms with Gasteiger partial charge in [0, 0.05) is 27.5 Å². The van der Waals surface area contributed by atoms with Gasteiger partial charge in [-0.3, -0.25) is 4.79 Å². The van der Waals surface area contributed by atoms with Gasteiger partial charge in [0.2, 0.25) is 5.91 Å². The van der Waals surface area contributed by atoms with Crippen molar-refractivity contribution in [3.8, 4) is 28.1 Å². The Bertz CT molecular complexity index is 1600. The van der Waals surface area contributed by atoms with E-state index < -0.39 is 12.1 Å². The van der Waals surface area contributed by atoms with Crippen molar-refractivity contribution < 1.29 is 19.4 Å². The second kappa shape index (κ2) is 10.0. The summed E-state index contributed by atoms with van der Waals surface area (Å²) in [5.41, 5.74) is 5.30. The molecule has 1 aromatic heterocycles. The molecular formula is C30H29BrN4O4. The fourth-order valence-electron chi connectivity index (χ4n) is 5.72. The number of H-pyrrole nitrogens is 1. The predicted octanol–water partition coefficient (Wildman–Crippen LogP) is 6.51. The molecule has 1 saturated heterocycles. The number of aromatic amines is 1. The first kappa shape index (κ1) is 25.4. The van der Waals surface area contributed by atoms with Gasteiger partial charge >= 0.3 is 6.09 Å². The van der Waals surface area contributed by atoms with Crippen LogP contribution in [0.4, 0.5) is 4.79 Å². The van der Waals surface area contributed by atoms with Crippen LogP contribution in [0, 0.1) is 5.92 Å². The van der Waals surface area contributed by atoms with Gasteiger partial charge in [0.25, 0.3) is 0 Å². The van der Waals surface area contributed by atoms with E-state index in [0.717, 1.165) is 56.2 Å². The molecule has 3 N–H and O–H groups in total. The molecule has 0 unspecified atom stereocenters. The third-order valence-electron chi connectivity index (χ3n) is 7.67. The van der Waals surface area contributed by atoms with E-state index in [-0.39, 0.29) is 17.9 Å². The maximum Gasteiger partial charge on any atom is 0.405 e. The van der Waals surface area contributed by atoms with Crippen LogP contribution in [0.1, 0.15) is 44.1 Å². The molecule has 0 bridgehead atoms. The summed E-state index contributed by atoms with van der Waals surface area (Å²) in [5.74, 6) is 1.24.